The summed E-state index contributed by atoms with van der Waals surface area (Å²) in [6.07, 6.45) is 1.66. The van der Waals surface area contributed by atoms with Crippen molar-refractivity contribution in [2.45, 2.75) is 6.92 Å². The van der Waals surface area contributed by atoms with Crippen molar-refractivity contribution in [1.82, 2.24) is 9.78 Å². The van der Waals surface area contributed by atoms with Crippen LogP contribution in [0.4, 0.5) is 5.82 Å². The second-order valence-electron chi connectivity index (χ2n) is 3.22. The molecule has 2 aromatic rings. The molecular weight excluding hydrogens is 277 g/mol. The van der Waals surface area contributed by atoms with E-state index in [1.54, 1.807) is 10.9 Å². The van der Waals surface area contributed by atoms with Crippen molar-refractivity contribution in [1.29, 1.82) is 0 Å². The summed E-state index contributed by atoms with van der Waals surface area (Å²) in [6, 6.07) is 5.70. The summed E-state index contributed by atoms with van der Waals surface area (Å²) >= 11 is 9.33. The first kappa shape index (κ1) is 10.5. The Morgan fingerprint density at radius 3 is 2.73 bits per heavy atom. The van der Waals surface area contributed by atoms with Gasteiger partial charge in [0.15, 0.2) is 0 Å². The minimum atomic E-state index is 0.565. The van der Waals surface area contributed by atoms with E-state index in [-0.39, 0.29) is 0 Å². The Balaban J connectivity index is 2.55. The van der Waals surface area contributed by atoms with Gasteiger partial charge in [0.2, 0.25) is 0 Å². The number of halogens is 2. The summed E-state index contributed by atoms with van der Waals surface area (Å²) in [5.74, 6) is 0.565. The highest BCUT2D eigenvalue weighted by Crippen LogP contribution is 2.24. The van der Waals surface area contributed by atoms with E-state index in [2.05, 4.69) is 21.0 Å². The zero-order valence-electron chi connectivity index (χ0n) is 8.04. The van der Waals surface area contributed by atoms with Crippen LogP contribution in [0.2, 0.25) is 5.02 Å². The Morgan fingerprint density at radius 2 is 2.20 bits per heavy atom. The summed E-state index contributed by atoms with van der Waals surface area (Å²) in [5, 5.41) is 4.85. The van der Waals surface area contributed by atoms with Crippen LogP contribution in [0.1, 0.15) is 5.56 Å². The first-order valence-electron chi connectivity index (χ1n) is 4.35. The van der Waals surface area contributed by atoms with Gasteiger partial charge in [0.1, 0.15) is 5.82 Å². The Labute approximate surface area is 101 Å². The molecule has 0 fully saturated rings. The zero-order valence-corrected chi connectivity index (χ0v) is 10.4. The molecule has 1 aromatic carbocycles. The van der Waals surface area contributed by atoms with Crippen LogP contribution in [0.25, 0.3) is 5.69 Å². The second kappa shape index (κ2) is 3.87. The molecular formula is C10H9BrClN3. The van der Waals surface area contributed by atoms with Crippen LogP contribution < -0.4 is 5.73 Å². The Morgan fingerprint density at radius 1 is 1.47 bits per heavy atom. The number of aromatic nitrogens is 2. The van der Waals surface area contributed by atoms with E-state index in [9.17, 15) is 0 Å². The number of nitrogens with zero attached hydrogens (tertiary/aromatic N) is 2. The topological polar surface area (TPSA) is 43.8 Å². The summed E-state index contributed by atoms with van der Waals surface area (Å²) < 4.78 is 2.41. The molecule has 0 aliphatic heterocycles. The Hall–Kier alpha value is -1.000. The SMILES string of the molecule is Cc1ccc(-n2ncc(Br)c2N)cc1Cl. The van der Waals surface area contributed by atoms with Gasteiger partial charge in [-0.3, -0.25) is 0 Å². The van der Waals surface area contributed by atoms with Crippen molar-refractivity contribution < 1.29 is 0 Å². The Kier molecular flexibility index (Phi) is 2.71. The van der Waals surface area contributed by atoms with Crippen molar-refractivity contribution >= 4 is 33.3 Å². The molecule has 0 spiro atoms. The lowest BCUT2D eigenvalue weighted by molar-refractivity contribution is 0.890. The third-order valence-corrected chi connectivity index (χ3v) is 3.18. The molecule has 3 nitrogen and oxygen atoms in total. The third kappa shape index (κ3) is 1.87. The fourth-order valence-corrected chi connectivity index (χ4v) is 1.69. The second-order valence-corrected chi connectivity index (χ2v) is 4.48. The molecule has 2 rings (SSSR count). The average Bonchev–Trinajstić information content (AvgIpc) is 2.53. The van der Waals surface area contributed by atoms with Gasteiger partial charge >= 0.3 is 0 Å². The Bertz CT molecular complexity index is 507. The number of anilines is 1. The van der Waals surface area contributed by atoms with Crippen molar-refractivity contribution in [3.05, 3.63) is 39.5 Å². The molecule has 0 amide bonds. The predicted octanol–water partition coefficient (Wildman–Crippen LogP) is 3.18. The van der Waals surface area contributed by atoms with Crippen LogP contribution in [-0.4, -0.2) is 9.78 Å². The molecule has 0 radical (unpaired) electrons. The minimum absolute atomic E-state index is 0.565. The van der Waals surface area contributed by atoms with Crippen molar-refractivity contribution in [3.63, 3.8) is 0 Å². The molecule has 0 saturated heterocycles. The van der Waals surface area contributed by atoms with Crippen LogP contribution in [-0.2, 0) is 0 Å². The molecule has 2 N–H and O–H groups in total. The number of hydrogen-bond acceptors (Lipinski definition) is 2. The van der Waals surface area contributed by atoms with Gasteiger partial charge in [-0.25, -0.2) is 4.68 Å². The monoisotopic (exact) mass is 285 g/mol. The van der Waals surface area contributed by atoms with Gasteiger partial charge in [0.05, 0.1) is 16.4 Å². The van der Waals surface area contributed by atoms with E-state index < -0.39 is 0 Å². The average molecular weight is 287 g/mol. The third-order valence-electron chi connectivity index (χ3n) is 2.16. The van der Waals surface area contributed by atoms with Gasteiger partial charge in [0, 0.05) is 5.02 Å². The smallest absolute Gasteiger partial charge is 0.141 e. The van der Waals surface area contributed by atoms with Gasteiger partial charge < -0.3 is 5.73 Å². The van der Waals surface area contributed by atoms with Gasteiger partial charge in [-0.05, 0) is 40.5 Å². The highest BCUT2D eigenvalue weighted by molar-refractivity contribution is 9.10. The lowest BCUT2D eigenvalue weighted by Gasteiger charge is -2.05. The maximum atomic E-state index is 6.03. The van der Waals surface area contributed by atoms with E-state index in [1.165, 1.54) is 0 Å². The fourth-order valence-electron chi connectivity index (χ4n) is 1.26. The molecule has 5 heteroatoms. The van der Waals surface area contributed by atoms with Gasteiger partial charge in [-0.1, -0.05) is 17.7 Å². The molecule has 0 unspecified atom stereocenters. The molecule has 0 aliphatic rings. The van der Waals surface area contributed by atoms with E-state index >= 15 is 0 Å². The maximum absolute atomic E-state index is 6.03. The number of benzene rings is 1. The summed E-state index contributed by atoms with van der Waals surface area (Å²) in [4.78, 5) is 0. The zero-order chi connectivity index (χ0) is 11.0. The van der Waals surface area contributed by atoms with Gasteiger partial charge in [-0.2, -0.15) is 5.10 Å². The molecule has 0 aliphatic carbocycles. The number of aryl methyl sites for hydroxylation is 1. The van der Waals surface area contributed by atoms with Crippen LogP contribution in [0.15, 0.2) is 28.9 Å². The molecule has 78 valence electrons. The quantitative estimate of drug-likeness (QED) is 0.875. The van der Waals surface area contributed by atoms with Crippen LogP contribution >= 0.6 is 27.5 Å². The summed E-state index contributed by atoms with van der Waals surface area (Å²) in [7, 11) is 0. The molecule has 1 heterocycles. The number of nitrogen functional groups attached to an aromatic ring is 1. The fraction of sp³-hybridized carbons (Fsp3) is 0.100. The van der Waals surface area contributed by atoms with Crippen LogP contribution in [0.5, 0.6) is 0 Å². The number of nitrogens with two attached hydrogens (primary N) is 1. The highest BCUT2D eigenvalue weighted by Gasteiger charge is 2.07. The van der Waals surface area contributed by atoms with E-state index in [1.807, 2.05) is 25.1 Å². The largest absolute Gasteiger partial charge is 0.383 e. The van der Waals surface area contributed by atoms with Crippen molar-refractivity contribution in [2.75, 3.05) is 5.73 Å². The standard InChI is InChI=1S/C10H9BrClN3/c1-6-2-3-7(4-9(6)12)15-10(13)8(11)5-14-15/h2-5H,13H2,1H3. The van der Waals surface area contributed by atoms with Gasteiger partial charge in [-0.15, -0.1) is 0 Å². The summed E-state index contributed by atoms with van der Waals surface area (Å²) in [6.45, 7) is 1.95. The van der Waals surface area contributed by atoms with Crippen LogP contribution in [0.3, 0.4) is 0 Å². The molecule has 0 bridgehead atoms. The maximum Gasteiger partial charge on any atom is 0.141 e. The van der Waals surface area contributed by atoms with E-state index in [4.69, 9.17) is 17.3 Å². The lowest BCUT2D eigenvalue weighted by atomic mass is 10.2. The van der Waals surface area contributed by atoms with Crippen LogP contribution in [0, 0.1) is 6.92 Å². The van der Waals surface area contributed by atoms with Crippen molar-refractivity contribution in [3.8, 4) is 5.69 Å². The summed E-state index contributed by atoms with van der Waals surface area (Å²) in [5.41, 5.74) is 7.72. The lowest BCUT2D eigenvalue weighted by Crippen LogP contribution is -2.01. The predicted molar refractivity (Wildman–Crippen MR) is 65.4 cm³/mol. The van der Waals surface area contributed by atoms with E-state index in [0.29, 0.717) is 10.8 Å². The number of rotatable bonds is 1. The van der Waals surface area contributed by atoms with Gasteiger partial charge in [0.25, 0.3) is 0 Å². The molecule has 1 aromatic heterocycles. The minimum Gasteiger partial charge on any atom is -0.383 e. The first-order valence-corrected chi connectivity index (χ1v) is 5.52. The number of hydrogen-bond donors (Lipinski definition) is 1. The normalized spacial score (nSPS) is 10.6. The van der Waals surface area contributed by atoms with Crippen molar-refractivity contribution in [2.24, 2.45) is 0 Å². The molecule has 15 heavy (non-hydrogen) atoms. The molecule has 0 saturated carbocycles. The first-order chi connectivity index (χ1) is 7.09. The highest BCUT2D eigenvalue weighted by atomic mass is 79.9. The van der Waals surface area contributed by atoms with E-state index in [0.717, 1.165) is 15.7 Å². The molecule has 0 atom stereocenters.